The summed E-state index contributed by atoms with van der Waals surface area (Å²) in [4.78, 5) is 35.8. The Kier molecular flexibility index (Phi) is 7.36. The van der Waals surface area contributed by atoms with Crippen molar-refractivity contribution in [3.8, 4) is 5.75 Å². The van der Waals surface area contributed by atoms with Crippen LogP contribution in [-0.2, 0) is 11.8 Å². The fourth-order valence-corrected chi connectivity index (χ4v) is 4.23. The minimum Gasteiger partial charge on any atom is -0.480 e. The average molecular weight is 484 g/mol. The number of carbonyl (C=O) groups is 1. The molecule has 1 fully saturated rings. The second kappa shape index (κ2) is 10.4. The lowest BCUT2D eigenvalue weighted by Crippen LogP contribution is -2.34. The van der Waals surface area contributed by atoms with Crippen molar-refractivity contribution in [2.45, 2.75) is 39.5 Å². The summed E-state index contributed by atoms with van der Waals surface area (Å²) in [5.74, 6) is 2.02. The molecular formula is C25H30ClN5O3. The molecule has 0 amide bonds. The molecule has 4 rings (SSSR count). The van der Waals surface area contributed by atoms with Crippen LogP contribution in [0.15, 0.2) is 35.3 Å². The summed E-state index contributed by atoms with van der Waals surface area (Å²) in [6.45, 7) is 5.94. The van der Waals surface area contributed by atoms with Gasteiger partial charge in [0, 0.05) is 37.6 Å². The summed E-state index contributed by atoms with van der Waals surface area (Å²) in [6.07, 6.45) is 5.03. The maximum Gasteiger partial charge on any atom is 0.293 e. The van der Waals surface area contributed by atoms with Gasteiger partial charge in [0.2, 0.25) is 5.95 Å². The molecule has 0 saturated carbocycles. The normalized spacial score (nSPS) is 14.4. The van der Waals surface area contributed by atoms with Crippen LogP contribution < -0.4 is 20.5 Å². The van der Waals surface area contributed by atoms with Crippen LogP contribution in [0.3, 0.4) is 0 Å². The van der Waals surface area contributed by atoms with Crippen LogP contribution in [0.4, 0.5) is 17.5 Å². The number of nitrogens with one attached hydrogen (secondary N) is 1. The first-order chi connectivity index (χ1) is 16.4. The van der Waals surface area contributed by atoms with Gasteiger partial charge in [0.1, 0.15) is 11.6 Å². The van der Waals surface area contributed by atoms with E-state index in [9.17, 15) is 9.59 Å². The van der Waals surface area contributed by atoms with Crippen LogP contribution in [0.2, 0.25) is 5.02 Å². The summed E-state index contributed by atoms with van der Waals surface area (Å²) < 4.78 is 7.08. The lowest BCUT2D eigenvalue weighted by molar-refractivity contribution is -0.121. The first kappa shape index (κ1) is 24.0. The molecule has 1 aliphatic rings. The molecule has 0 atom stereocenters. The highest BCUT2D eigenvalue weighted by Gasteiger charge is 2.19. The molecule has 8 nitrogen and oxygen atoms in total. The fourth-order valence-electron chi connectivity index (χ4n) is 4.09. The SMILES string of the molecule is CCCC(=O)COc1cc2cc(Nc3nc(N4CCC(C)CC4)ncc3Cl)ccc2n(C)c1=O. The van der Waals surface area contributed by atoms with Crippen molar-refractivity contribution in [3.05, 3.63) is 45.8 Å². The number of aryl methyl sites for hydroxylation is 1. The smallest absolute Gasteiger partial charge is 0.293 e. The van der Waals surface area contributed by atoms with Gasteiger partial charge in [-0.2, -0.15) is 4.98 Å². The fraction of sp³-hybridized carbons (Fsp3) is 0.440. The van der Waals surface area contributed by atoms with E-state index in [-0.39, 0.29) is 23.7 Å². The van der Waals surface area contributed by atoms with Crippen molar-refractivity contribution in [1.82, 2.24) is 14.5 Å². The molecular weight excluding hydrogens is 454 g/mol. The number of Topliss-reactive ketones (excluding diaryl/α,β-unsaturated/α-hetero) is 1. The molecule has 0 spiro atoms. The minimum absolute atomic E-state index is 0.0302. The lowest BCUT2D eigenvalue weighted by atomic mass is 10.00. The maximum atomic E-state index is 12.7. The number of nitrogens with zero attached hydrogens (tertiary/aromatic N) is 4. The molecule has 34 heavy (non-hydrogen) atoms. The Labute approximate surface area is 203 Å². The summed E-state index contributed by atoms with van der Waals surface area (Å²) in [6, 6.07) is 7.29. The third-order valence-corrected chi connectivity index (χ3v) is 6.45. The first-order valence-corrected chi connectivity index (χ1v) is 12.1. The van der Waals surface area contributed by atoms with Crippen molar-refractivity contribution >= 4 is 45.7 Å². The van der Waals surface area contributed by atoms with E-state index in [0.717, 1.165) is 48.9 Å². The van der Waals surface area contributed by atoms with Crippen LogP contribution in [0.5, 0.6) is 5.75 Å². The first-order valence-electron chi connectivity index (χ1n) is 11.7. The quantitative estimate of drug-likeness (QED) is 0.496. The molecule has 0 unspecified atom stereocenters. The number of ether oxygens (including phenoxy) is 1. The zero-order valence-corrected chi connectivity index (χ0v) is 20.6. The molecule has 1 aliphatic heterocycles. The van der Waals surface area contributed by atoms with E-state index < -0.39 is 0 Å². The van der Waals surface area contributed by atoms with Gasteiger partial charge in [-0.1, -0.05) is 25.4 Å². The summed E-state index contributed by atoms with van der Waals surface area (Å²) in [7, 11) is 1.69. The number of benzene rings is 1. The Morgan fingerprint density at radius 3 is 2.76 bits per heavy atom. The van der Waals surface area contributed by atoms with Crippen LogP contribution >= 0.6 is 11.6 Å². The highest BCUT2D eigenvalue weighted by molar-refractivity contribution is 6.32. The highest BCUT2D eigenvalue weighted by atomic mass is 35.5. The topological polar surface area (TPSA) is 89.3 Å². The van der Waals surface area contributed by atoms with E-state index in [2.05, 4.69) is 27.1 Å². The van der Waals surface area contributed by atoms with Crippen molar-refractivity contribution in [1.29, 1.82) is 0 Å². The van der Waals surface area contributed by atoms with Crippen molar-refractivity contribution in [2.24, 2.45) is 13.0 Å². The van der Waals surface area contributed by atoms with Crippen LogP contribution in [0, 0.1) is 5.92 Å². The van der Waals surface area contributed by atoms with E-state index in [1.165, 1.54) is 4.57 Å². The number of pyridine rings is 1. The minimum atomic E-state index is -0.281. The van der Waals surface area contributed by atoms with Gasteiger partial charge in [-0.05, 0) is 49.4 Å². The molecule has 2 aromatic heterocycles. The number of hydrogen-bond acceptors (Lipinski definition) is 7. The van der Waals surface area contributed by atoms with Gasteiger partial charge in [-0.25, -0.2) is 4.98 Å². The Bertz CT molecular complexity index is 1250. The number of aromatic nitrogens is 3. The average Bonchev–Trinajstić information content (AvgIpc) is 2.82. The van der Waals surface area contributed by atoms with E-state index in [0.29, 0.717) is 29.1 Å². The molecule has 3 aromatic rings. The highest BCUT2D eigenvalue weighted by Crippen LogP contribution is 2.29. The standard InChI is InChI=1S/C25H30ClN5O3/c1-4-5-19(32)15-34-22-13-17-12-18(6-7-21(17)30(3)24(22)33)28-23-20(26)14-27-25(29-23)31-10-8-16(2)9-11-31/h6-7,12-14,16H,4-5,8-11,15H2,1-3H3,(H,27,28,29). The van der Waals surface area contributed by atoms with Gasteiger partial charge >= 0.3 is 0 Å². The van der Waals surface area contributed by atoms with E-state index >= 15 is 0 Å². The van der Waals surface area contributed by atoms with Crippen LogP contribution in [0.1, 0.15) is 39.5 Å². The third kappa shape index (κ3) is 5.33. The van der Waals surface area contributed by atoms with E-state index in [4.69, 9.17) is 16.3 Å². The third-order valence-electron chi connectivity index (χ3n) is 6.17. The molecule has 3 heterocycles. The Morgan fingerprint density at radius 1 is 1.26 bits per heavy atom. The molecule has 1 N–H and O–H groups in total. The second-order valence-electron chi connectivity index (χ2n) is 8.88. The predicted molar refractivity (Wildman–Crippen MR) is 136 cm³/mol. The summed E-state index contributed by atoms with van der Waals surface area (Å²) >= 11 is 6.39. The number of fused-ring (bicyclic) bond motifs is 1. The lowest BCUT2D eigenvalue weighted by Gasteiger charge is -2.30. The van der Waals surface area contributed by atoms with Crippen LogP contribution in [0.25, 0.3) is 10.9 Å². The molecule has 1 aromatic carbocycles. The van der Waals surface area contributed by atoms with Gasteiger partial charge < -0.3 is 19.5 Å². The number of hydrogen-bond donors (Lipinski definition) is 1. The second-order valence-corrected chi connectivity index (χ2v) is 9.29. The van der Waals surface area contributed by atoms with Gasteiger partial charge in [0.25, 0.3) is 5.56 Å². The number of anilines is 3. The number of rotatable bonds is 8. The van der Waals surface area contributed by atoms with Gasteiger partial charge in [-0.15, -0.1) is 0 Å². The summed E-state index contributed by atoms with van der Waals surface area (Å²) in [5.41, 5.74) is 1.23. The Hall–Kier alpha value is -3.13. The number of piperidine rings is 1. The van der Waals surface area contributed by atoms with Crippen molar-refractivity contribution in [3.63, 3.8) is 0 Å². The molecule has 1 saturated heterocycles. The van der Waals surface area contributed by atoms with Crippen LogP contribution in [-0.4, -0.2) is 40.0 Å². The largest absolute Gasteiger partial charge is 0.480 e. The van der Waals surface area contributed by atoms with E-state index in [1.807, 2.05) is 25.1 Å². The zero-order chi connectivity index (χ0) is 24.2. The summed E-state index contributed by atoms with van der Waals surface area (Å²) in [5, 5.41) is 4.50. The molecule has 0 bridgehead atoms. The number of halogens is 1. The van der Waals surface area contributed by atoms with E-state index in [1.54, 1.807) is 19.3 Å². The monoisotopic (exact) mass is 483 g/mol. The van der Waals surface area contributed by atoms with Gasteiger partial charge in [0.05, 0.1) is 11.7 Å². The molecule has 9 heteroatoms. The van der Waals surface area contributed by atoms with Gasteiger partial charge in [-0.3, -0.25) is 9.59 Å². The Morgan fingerprint density at radius 2 is 2.03 bits per heavy atom. The number of carbonyl (C=O) groups excluding carboxylic acids is 1. The maximum absolute atomic E-state index is 12.7. The number of ketones is 1. The van der Waals surface area contributed by atoms with Crippen molar-refractivity contribution < 1.29 is 9.53 Å². The molecule has 0 radical (unpaired) electrons. The molecule has 0 aliphatic carbocycles. The molecule has 180 valence electrons. The van der Waals surface area contributed by atoms with Gasteiger partial charge in [0.15, 0.2) is 17.4 Å². The Balaban J connectivity index is 1.59. The zero-order valence-electron chi connectivity index (χ0n) is 19.8. The van der Waals surface area contributed by atoms with Crippen molar-refractivity contribution in [2.75, 3.05) is 29.9 Å². The predicted octanol–water partition coefficient (Wildman–Crippen LogP) is 4.71.